The molecule has 2 aliphatic heterocycles. The quantitative estimate of drug-likeness (QED) is 0.327. The molecule has 5 rings (SSSR count). The summed E-state index contributed by atoms with van der Waals surface area (Å²) in [5.74, 6) is -7.15. The van der Waals surface area contributed by atoms with Gasteiger partial charge in [-0.15, -0.1) is 23.2 Å². The lowest BCUT2D eigenvalue weighted by atomic mass is 9.56. The molecule has 0 radical (unpaired) electrons. The van der Waals surface area contributed by atoms with Crippen molar-refractivity contribution in [2.24, 2.45) is 23.5 Å². The third-order valence-corrected chi connectivity index (χ3v) is 9.18. The standard InChI is InChI=1S/C22H18Cl3N3O6/c1-27-18(32)21(24)7-12-9(3-4-10-14(12)17(31)28(16(10)30)20(26)34)15(22(21,25)19(27)33)11-6-8(23)2-5-13(11)29/h2-3,5-6,10,12,14-15,29H,4,7H2,1H3,(H2,26,34)/t10-,12+,14-,15+,21+,22-/m0/s1. The van der Waals surface area contributed by atoms with Crippen LogP contribution in [-0.4, -0.2) is 61.4 Å². The van der Waals surface area contributed by atoms with Crippen LogP contribution in [0.5, 0.6) is 5.75 Å². The summed E-state index contributed by atoms with van der Waals surface area (Å²) >= 11 is 20.1. The number of primary amides is 1. The maximum absolute atomic E-state index is 13.4. The van der Waals surface area contributed by atoms with E-state index < -0.39 is 63.1 Å². The van der Waals surface area contributed by atoms with E-state index in [1.165, 1.54) is 25.2 Å². The van der Waals surface area contributed by atoms with Gasteiger partial charge in [0.15, 0.2) is 9.75 Å². The molecule has 178 valence electrons. The zero-order valence-corrected chi connectivity index (χ0v) is 19.9. The maximum atomic E-state index is 13.4. The molecule has 1 aromatic carbocycles. The number of alkyl halides is 2. The van der Waals surface area contributed by atoms with Gasteiger partial charge in [0.05, 0.1) is 11.8 Å². The first-order chi connectivity index (χ1) is 15.9. The number of amides is 6. The zero-order valence-electron chi connectivity index (χ0n) is 17.6. The smallest absolute Gasteiger partial charge is 0.328 e. The molecule has 3 N–H and O–H groups in total. The van der Waals surface area contributed by atoms with Gasteiger partial charge in [-0.05, 0) is 37.0 Å². The van der Waals surface area contributed by atoms with Crippen molar-refractivity contribution in [3.8, 4) is 5.75 Å². The van der Waals surface area contributed by atoms with E-state index in [1.54, 1.807) is 6.08 Å². The van der Waals surface area contributed by atoms with E-state index in [9.17, 15) is 29.1 Å². The number of nitrogens with two attached hydrogens (primary N) is 1. The van der Waals surface area contributed by atoms with E-state index in [4.69, 9.17) is 40.5 Å². The molecule has 12 heteroatoms. The van der Waals surface area contributed by atoms with Crippen LogP contribution < -0.4 is 5.73 Å². The number of rotatable bonds is 1. The summed E-state index contributed by atoms with van der Waals surface area (Å²) < 4.78 is 0. The van der Waals surface area contributed by atoms with E-state index in [0.29, 0.717) is 10.5 Å². The first-order valence-electron chi connectivity index (χ1n) is 10.4. The molecule has 6 amide bonds. The summed E-state index contributed by atoms with van der Waals surface area (Å²) in [6.07, 6.45) is 1.51. The molecule has 6 atom stereocenters. The molecule has 1 aromatic rings. The third-order valence-electron chi connectivity index (χ3n) is 7.54. The van der Waals surface area contributed by atoms with E-state index in [2.05, 4.69) is 0 Å². The molecular formula is C22H18Cl3N3O6. The molecular weight excluding hydrogens is 509 g/mol. The Labute approximate surface area is 208 Å². The van der Waals surface area contributed by atoms with E-state index in [-0.39, 0.29) is 29.2 Å². The minimum atomic E-state index is -2.03. The Hall–Kier alpha value is -2.62. The molecule has 0 aromatic heterocycles. The van der Waals surface area contributed by atoms with E-state index in [0.717, 1.165) is 4.90 Å². The van der Waals surface area contributed by atoms with Crippen LogP contribution in [0.15, 0.2) is 29.8 Å². The van der Waals surface area contributed by atoms with Crippen LogP contribution >= 0.6 is 34.8 Å². The Bertz CT molecular complexity index is 1250. The van der Waals surface area contributed by atoms with Crippen molar-refractivity contribution < 1.29 is 29.1 Å². The predicted molar refractivity (Wildman–Crippen MR) is 120 cm³/mol. The van der Waals surface area contributed by atoms with Gasteiger partial charge in [0.1, 0.15) is 5.75 Å². The number of hydrogen-bond acceptors (Lipinski definition) is 6. The van der Waals surface area contributed by atoms with Gasteiger partial charge in [-0.25, -0.2) is 4.79 Å². The van der Waals surface area contributed by atoms with Gasteiger partial charge in [-0.3, -0.25) is 24.1 Å². The Morgan fingerprint density at radius 2 is 1.79 bits per heavy atom. The highest BCUT2D eigenvalue weighted by Crippen LogP contribution is 2.66. The number of halogens is 3. The lowest BCUT2D eigenvalue weighted by molar-refractivity contribution is -0.139. The van der Waals surface area contributed by atoms with E-state index in [1.807, 2.05) is 0 Å². The van der Waals surface area contributed by atoms with Gasteiger partial charge in [-0.1, -0.05) is 23.3 Å². The number of imide groups is 4. The van der Waals surface area contributed by atoms with Gasteiger partial charge in [0.25, 0.3) is 11.8 Å². The molecule has 1 saturated carbocycles. The largest absolute Gasteiger partial charge is 0.508 e. The third kappa shape index (κ3) is 2.60. The Morgan fingerprint density at radius 3 is 2.44 bits per heavy atom. The summed E-state index contributed by atoms with van der Waals surface area (Å²) in [5, 5.41) is 11.0. The number of urea groups is 1. The monoisotopic (exact) mass is 525 g/mol. The number of fused-ring (bicyclic) bond motifs is 4. The maximum Gasteiger partial charge on any atom is 0.328 e. The number of phenolic OH excluding ortho intramolecular Hbond substituents is 1. The zero-order chi connectivity index (χ0) is 24.9. The summed E-state index contributed by atoms with van der Waals surface area (Å²) in [6, 6.07) is 3.00. The van der Waals surface area contributed by atoms with E-state index >= 15 is 0 Å². The number of likely N-dealkylation sites (tertiary alicyclic amines) is 2. The normalized spacial score (nSPS) is 36.9. The topological polar surface area (TPSA) is 138 Å². The average molecular weight is 527 g/mol. The second-order valence-corrected chi connectivity index (χ2v) is 10.7. The Balaban J connectivity index is 1.76. The summed E-state index contributed by atoms with van der Waals surface area (Å²) in [4.78, 5) is 61.6. The Morgan fingerprint density at radius 1 is 1.12 bits per heavy atom. The molecule has 0 spiro atoms. The van der Waals surface area contributed by atoms with Crippen molar-refractivity contribution in [1.82, 2.24) is 9.80 Å². The predicted octanol–water partition coefficient (Wildman–Crippen LogP) is 2.11. The van der Waals surface area contributed by atoms with Crippen LogP contribution in [0.1, 0.15) is 24.3 Å². The van der Waals surface area contributed by atoms with Crippen LogP contribution in [-0.2, 0) is 19.2 Å². The first-order valence-corrected chi connectivity index (χ1v) is 11.6. The van der Waals surface area contributed by atoms with Crippen molar-refractivity contribution in [3.05, 3.63) is 40.4 Å². The number of nitrogens with zero attached hydrogens (tertiary/aromatic N) is 2. The molecule has 2 heterocycles. The van der Waals surface area contributed by atoms with Crippen molar-refractivity contribution in [2.45, 2.75) is 28.5 Å². The molecule has 4 aliphatic rings. The molecule has 3 fully saturated rings. The lowest BCUT2D eigenvalue weighted by Gasteiger charge is -2.50. The van der Waals surface area contributed by atoms with Crippen LogP contribution in [0.4, 0.5) is 4.79 Å². The van der Waals surface area contributed by atoms with Crippen LogP contribution in [0.25, 0.3) is 0 Å². The van der Waals surface area contributed by atoms with Gasteiger partial charge in [0.2, 0.25) is 11.8 Å². The Kier molecular flexibility index (Phi) is 4.89. The van der Waals surface area contributed by atoms with Gasteiger partial charge >= 0.3 is 6.03 Å². The van der Waals surface area contributed by atoms with Crippen molar-refractivity contribution >= 4 is 64.5 Å². The number of carbonyl (C=O) groups is 5. The van der Waals surface area contributed by atoms with Crippen molar-refractivity contribution in [1.29, 1.82) is 0 Å². The average Bonchev–Trinajstić information content (AvgIpc) is 3.11. The van der Waals surface area contributed by atoms with Crippen LogP contribution in [0.3, 0.4) is 0 Å². The first kappa shape index (κ1) is 23.1. The fourth-order valence-corrected chi connectivity index (χ4v) is 7.26. The molecule has 9 nitrogen and oxygen atoms in total. The van der Waals surface area contributed by atoms with Crippen LogP contribution in [0.2, 0.25) is 5.02 Å². The fourth-order valence-electron chi connectivity index (χ4n) is 6.06. The van der Waals surface area contributed by atoms with Gasteiger partial charge in [0, 0.05) is 23.6 Å². The summed E-state index contributed by atoms with van der Waals surface area (Å²) in [5.41, 5.74) is 5.90. The number of aromatic hydroxyl groups is 1. The lowest BCUT2D eigenvalue weighted by Crippen LogP contribution is -2.60. The van der Waals surface area contributed by atoms with Crippen molar-refractivity contribution in [2.75, 3.05) is 7.05 Å². The highest BCUT2D eigenvalue weighted by atomic mass is 35.5. The fraction of sp³-hybridized carbons (Fsp3) is 0.409. The van der Waals surface area contributed by atoms with Gasteiger partial charge in [-0.2, -0.15) is 4.90 Å². The number of phenols is 1. The van der Waals surface area contributed by atoms with Gasteiger partial charge < -0.3 is 10.8 Å². The SMILES string of the molecule is CN1C(=O)[C@]2(Cl)C[C@@H]3C(=CC[C@@H]4C(=O)N(C(N)=O)C(=O)[C@@H]43)[C@H](c3cc(Cl)ccc3O)[C@]2(Cl)C1=O. The molecule has 0 bridgehead atoms. The highest BCUT2D eigenvalue weighted by molar-refractivity contribution is 6.53. The summed E-state index contributed by atoms with van der Waals surface area (Å²) in [7, 11) is 1.26. The number of benzene rings is 1. The number of allylic oxidation sites excluding steroid dienone is 2. The molecule has 2 saturated heterocycles. The summed E-state index contributed by atoms with van der Waals surface area (Å²) in [6.45, 7) is 0. The second kappa shape index (κ2) is 7.19. The minimum Gasteiger partial charge on any atom is -0.508 e. The highest BCUT2D eigenvalue weighted by Gasteiger charge is 2.76. The number of carbonyl (C=O) groups excluding carboxylic acids is 5. The second-order valence-electron chi connectivity index (χ2n) is 9.05. The number of hydrogen-bond donors (Lipinski definition) is 2. The van der Waals surface area contributed by atoms with Crippen LogP contribution in [0, 0.1) is 17.8 Å². The molecule has 2 aliphatic carbocycles. The molecule has 0 unspecified atom stereocenters. The minimum absolute atomic E-state index is 0.0723. The van der Waals surface area contributed by atoms with Crippen molar-refractivity contribution in [3.63, 3.8) is 0 Å². The molecule has 34 heavy (non-hydrogen) atoms.